The lowest BCUT2D eigenvalue weighted by Crippen LogP contribution is -2.34. The third-order valence-corrected chi connectivity index (χ3v) is 4.02. The maximum absolute atomic E-state index is 10.6. The third-order valence-electron chi connectivity index (χ3n) is 3.01. The van der Waals surface area contributed by atoms with Crippen molar-refractivity contribution in [3.8, 4) is 0 Å². The number of hydrogen-bond acceptors (Lipinski definition) is 6. The van der Waals surface area contributed by atoms with Gasteiger partial charge < -0.3 is 10.0 Å². The van der Waals surface area contributed by atoms with Crippen molar-refractivity contribution in [1.82, 2.24) is 4.98 Å². The number of carboxylic acids is 1. The van der Waals surface area contributed by atoms with Crippen LogP contribution in [0.15, 0.2) is 6.20 Å². The first kappa shape index (κ1) is 12.7. The van der Waals surface area contributed by atoms with Crippen LogP contribution in [0.25, 0.3) is 0 Å². The molecule has 0 spiro atoms. The highest BCUT2D eigenvalue weighted by molar-refractivity contribution is 7.18. The molecule has 98 valence electrons. The first-order valence-electron chi connectivity index (χ1n) is 5.63. The first-order valence-corrected chi connectivity index (χ1v) is 6.45. The Hall–Kier alpha value is -1.70. The van der Waals surface area contributed by atoms with Crippen LogP contribution >= 0.6 is 11.3 Å². The van der Waals surface area contributed by atoms with Crippen LogP contribution in [0.3, 0.4) is 0 Å². The van der Waals surface area contributed by atoms with E-state index in [0.29, 0.717) is 18.2 Å². The van der Waals surface area contributed by atoms with E-state index in [1.165, 1.54) is 6.20 Å². The molecular weight excluding hydrogens is 258 g/mol. The summed E-state index contributed by atoms with van der Waals surface area (Å²) < 4.78 is 0. The molecule has 18 heavy (non-hydrogen) atoms. The number of anilines is 1. The Bertz CT molecular complexity index is 454. The van der Waals surface area contributed by atoms with Crippen LogP contribution < -0.4 is 4.90 Å². The summed E-state index contributed by atoms with van der Waals surface area (Å²) >= 11 is 1.06. The molecule has 0 unspecified atom stereocenters. The Balaban J connectivity index is 1.92. The predicted molar refractivity (Wildman–Crippen MR) is 66.0 cm³/mol. The van der Waals surface area contributed by atoms with Gasteiger partial charge in [0.25, 0.3) is 0 Å². The molecule has 0 bridgehead atoms. The number of aromatic nitrogens is 1. The topological polar surface area (TPSA) is 96.6 Å². The Morgan fingerprint density at radius 2 is 2.28 bits per heavy atom. The van der Waals surface area contributed by atoms with Gasteiger partial charge in [-0.2, -0.15) is 0 Å². The predicted octanol–water partition coefficient (Wildman–Crippen LogP) is 1.74. The van der Waals surface area contributed by atoms with Gasteiger partial charge in [-0.3, -0.25) is 14.9 Å². The Labute approximate surface area is 107 Å². The van der Waals surface area contributed by atoms with Crippen molar-refractivity contribution in [3.05, 3.63) is 16.3 Å². The van der Waals surface area contributed by atoms with Gasteiger partial charge in [-0.05, 0) is 30.1 Å². The van der Waals surface area contributed by atoms with E-state index in [4.69, 9.17) is 5.11 Å². The second-order valence-corrected chi connectivity index (χ2v) is 5.25. The van der Waals surface area contributed by atoms with Gasteiger partial charge in [-0.1, -0.05) is 0 Å². The summed E-state index contributed by atoms with van der Waals surface area (Å²) in [5.74, 6) is -0.563. The molecule has 1 aliphatic heterocycles. The highest BCUT2D eigenvalue weighted by Gasteiger charge is 2.24. The molecule has 0 aliphatic carbocycles. The fourth-order valence-corrected chi connectivity index (χ4v) is 2.85. The van der Waals surface area contributed by atoms with E-state index >= 15 is 0 Å². The molecule has 1 aromatic rings. The summed E-state index contributed by atoms with van der Waals surface area (Å²) in [5, 5.41) is 20.0. The molecule has 0 atom stereocenters. The summed E-state index contributed by atoms with van der Waals surface area (Å²) in [7, 11) is 0. The lowest BCUT2D eigenvalue weighted by Gasteiger charge is -2.30. The van der Waals surface area contributed by atoms with Gasteiger partial charge in [0.15, 0.2) is 5.13 Å². The van der Waals surface area contributed by atoms with Crippen molar-refractivity contribution in [1.29, 1.82) is 0 Å². The second kappa shape index (κ2) is 5.30. The molecule has 8 heteroatoms. The normalized spacial score (nSPS) is 16.8. The number of aliphatic carboxylic acids is 1. The molecule has 2 rings (SSSR count). The fraction of sp³-hybridized carbons (Fsp3) is 0.600. The largest absolute Gasteiger partial charge is 0.481 e. The van der Waals surface area contributed by atoms with Gasteiger partial charge in [-0.15, -0.1) is 0 Å². The van der Waals surface area contributed by atoms with Crippen LogP contribution in [-0.4, -0.2) is 34.1 Å². The zero-order chi connectivity index (χ0) is 13.1. The molecule has 0 amide bonds. The number of carboxylic acid groups (broad SMARTS) is 1. The van der Waals surface area contributed by atoms with Gasteiger partial charge in [0.2, 0.25) is 0 Å². The van der Waals surface area contributed by atoms with E-state index in [9.17, 15) is 14.9 Å². The van der Waals surface area contributed by atoms with Crippen LogP contribution in [0, 0.1) is 16.0 Å². The molecule has 0 radical (unpaired) electrons. The van der Waals surface area contributed by atoms with Crippen molar-refractivity contribution in [3.63, 3.8) is 0 Å². The minimum Gasteiger partial charge on any atom is -0.481 e. The highest BCUT2D eigenvalue weighted by atomic mass is 32.1. The van der Waals surface area contributed by atoms with Gasteiger partial charge in [0.05, 0.1) is 4.92 Å². The van der Waals surface area contributed by atoms with Crippen molar-refractivity contribution >= 4 is 27.4 Å². The lowest BCUT2D eigenvalue weighted by atomic mass is 9.94. The summed E-state index contributed by atoms with van der Waals surface area (Å²) in [6, 6.07) is 0. The van der Waals surface area contributed by atoms with Crippen molar-refractivity contribution in [2.75, 3.05) is 18.0 Å². The second-order valence-electron chi connectivity index (χ2n) is 4.27. The van der Waals surface area contributed by atoms with Crippen LogP contribution in [0.1, 0.15) is 19.3 Å². The lowest BCUT2D eigenvalue weighted by molar-refractivity contribution is -0.380. The number of hydrogen-bond donors (Lipinski definition) is 1. The molecular formula is C10H13N3O4S. The number of nitrogens with zero attached hydrogens (tertiary/aromatic N) is 3. The zero-order valence-corrected chi connectivity index (χ0v) is 10.4. The summed E-state index contributed by atoms with van der Waals surface area (Å²) in [4.78, 5) is 26.7. The molecule has 1 saturated heterocycles. The molecule has 1 fully saturated rings. The van der Waals surface area contributed by atoms with E-state index in [1.54, 1.807) is 0 Å². The average molecular weight is 271 g/mol. The fourth-order valence-electron chi connectivity index (χ4n) is 2.06. The minimum atomic E-state index is -0.765. The summed E-state index contributed by atoms with van der Waals surface area (Å²) in [6.45, 7) is 1.42. The number of piperidine rings is 1. The monoisotopic (exact) mass is 271 g/mol. The van der Waals surface area contributed by atoms with Crippen LogP contribution in [0.4, 0.5) is 10.1 Å². The number of carbonyl (C=O) groups is 1. The van der Waals surface area contributed by atoms with Crippen LogP contribution in [-0.2, 0) is 4.79 Å². The van der Waals surface area contributed by atoms with Crippen LogP contribution in [0.5, 0.6) is 0 Å². The molecule has 1 aliphatic rings. The third kappa shape index (κ3) is 2.95. The van der Waals surface area contributed by atoms with E-state index < -0.39 is 10.9 Å². The SMILES string of the molecule is O=C(O)CC1CCN(c2ncc([N+](=O)[O-])s2)CC1. The van der Waals surface area contributed by atoms with E-state index in [1.807, 2.05) is 4.90 Å². The molecule has 7 nitrogen and oxygen atoms in total. The number of nitro groups is 1. The van der Waals surface area contributed by atoms with Gasteiger partial charge in [0, 0.05) is 19.5 Å². The van der Waals surface area contributed by atoms with Gasteiger partial charge in [0.1, 0.15) is 6.20 Å². The quantitative estimate of drug-likeness (QED) is 0.661. The minimum absolute atomic E-state index is 0.0395. The van der Waals surface area contributed by atoms with E-state index in [-0.39, 0.29) is 17.3 Å². The smallest absolute Gasteiger partial charge is 0.345 e. The average Bonchev–Trinajstić information content (AvgIpc) is 2.78. The molecule has 1 aromatic heterocycles. The summed E-state index contributed by atoms with van der Waals surface area (Å²) in [6.07, 6.45) is 3.05. The first-order chi connectivity index (χ1) is 8.56. The van der Waals surface area contributed by atoms with Crippen molar-refractivity contribution in [2.24, 2.45) is 5.92 Å². The Kier molecular flexibility index (Phi) is 3.75. The molecule has 2 heterocycles. The van der Waals surface area contributed by atoms with Gasteiger partial charge in [-0.25, -0.2) is 4.98 Å². The molecule has 1 N–H and O–H groups in total. The molecule has 0 aromatic carbocycles. The van der Waals surface area contributed by atoms with Crippen molar-refractivity contribution in [2.45, 2.75) is 19.3 Å². The zero-order valence-electron chi connectivity index (χ0n) is 9.61. The maximum atomic E-state index is 10.6. The molecule has 0 saturated carbocycles. The van der Waals surface area contributed by atoms with E-state index in [2.05, 4.69) is 4.98 Å². The van der Waals surface area contributed by atoms with Crippen LogP contribution in [0.2, 0.25) is 0 Å². The number of rotatable bonds is 4. The maximum Gasteiger partial charge on any atom is 0.345 e. The highest BCUT2D eigenvalue weighted by Crippen LogP contribution is 2.31. The van der Waals surface area contributed by atoms with Gasteiger partial charge >= 0.3 is 11.0 Å². The Morgan fingerprint density at radius 3 is 2.78 bits per heavy atom. The van der Waals surface area contributed by atoms with E-state index in [0.717, 1.165) is 24.2 Å². The summed E-state index contributed by atoms with van der Waals surface area (Å²) in [5.41, 5.74) is 0. The number of thiazole rings is 1. The Morgan fingerprint density at radius 1 is 1.61 bits per heavy atom. The standard InChI is InChI=1S/C10H13N3O4S/c14-9(15)5-7-1-3-12(4-2-7)10-11-6-8(18-10)13(16)17/h6-7H,1-5H2,(H,14,15). The van der Waals surface area contributed by atoms with Crippen molar-refractivity contribution < 1.29 is 14.8 Å².